The minimum atomic E-state index is 1.36. The highest BCUT2D eigenvalue weighted by atomic mass is 32.2. The monoisotopic (exact) mass is 220 g/mol. The third-order valence-electron chi connectivity index (χ3n) is 2.11. The van der Waals surface area contributed by atoms with Crippen LogP contribution in [0.2, 0.25) is 0 Å². The number of rotatable bonds is 2. The maximum absolute atomic E-state index is 2.20. The van der Waals surface area contributed by atoms with Crippen molar-refractivity contribution in [3.05, 3.63) is 41.3 Å². The normalized spacial score (nSPS) is 10.4. The first-order valence-corrected chi connectivity index (χ1v) is 6.55. The largest absolute Gasteiger partial charge is 0.141 e. The molecule has 0 bridgehead atoms. The molecule has 14 heavy (non-hydrogen) atoms. The molecule has 0 spiro atoms. The van der Waals surface area contributed by atoms with Crippen LogP contribution in [0.4, 0.5) is 0 Å². The van der Waals surface area contributed by atoms with Crippen molar-refractivity contribution in [1.82, 2.24) is 0 Å². The third kappa shape index (κ3) is 1.86. The summed E-state index contributed by atoms with van der Waals surface area (Å²) in [6, 6.07) is 12.9. The predicted molar refractivity (Wildman–Crippen MR) is 66.3 cm³/mol. The maximum atomic E-state index is 2.20. The van der Waals surface area contributed by atoms with Crippen LogP contribution in [-0.4, -0.2) is 6.26 Å². The van der Waals surface area contributed by atoms with Crippen molar-refractivity contribution in [3.63, 3.8) is 0 Å². The molecule has 2 aromatic rings. The molecule has 0 aliphatic rings. The Morgan fingerprint density at radius 2 is 1.86 bits per heavy atom. The van der Waals surface area contributed by atoms with Crippen LogP contribution in [0.3, 0.4) is 0 Å². The van der Waals surface area contributed by atoms with Crippen molar-refractivity contribution in [2.75, 3.05) is 6.26 Å². The van der Waals surface area contributed by atoms with Crippen molar-refractivity contribution in [3.8, 4) is 10.4 Å². The smallest absolute Gasteiger partial charge is 0.0356 e. The van der Waals surface area contributed by atoms with Gasteiger partial charge in [-0.25, -0.2) is 0 Å². The zero-order valence-corrected chi connectivity index (χ0v) is 9.91. The van der Waals surface area contributed by atoms with E-state index in [0.29, 0.717) is 0 Å². The molecule has 0 radical (unpaired) electrons. The molecule has 0 fully saturated rings. The fourth-order valence-electron chi connectivity index (χ4n) is 1.43. The van der Waals surface area contributed by atoms with Gasteiger partial charge in [0.15, 0.2) is 0 Å². The van der Waals surface area contributed by atoms with Crippen LogP contribution in [-0.2, 0) is 0 Å². The summed E-state index contributed by atoms with van der Waals surface area (Å²) in [7, 11) is 0. The molecular weight excluding hydrogens is 208 g/mol. The first-order valence-electron chi connectivity index (χ1n) is 4.51. The second-order valence-corrected chi connectivity index (χ2v) is 5.25. The number of thioether (sulfide) groups is 1. The van der Waals surface area contributed by atoms with Crippen molar-refractivity contribution >= 4 is 23.1 Å². The molecule has 1 aromatic carbocycles. The van der Waals surface area contributed by atoms with Crippen LogP contribution in [0, 0.1) is 6.92 Å². The molecule has 0 unspecified atom stereocenters. The number of hydrogen-bond acceptors (Lipinski definition) is 2. The summed E-state index contributed by atoms with van der Waals surface area (Å²) in [6.45, 7) is 2.15. The fraction of sp³-hybridized carbons (Fsp3) is 0.167. The quantitative estimate of drug-likeness (QED) is 0.674. The lowest BCUT2D eigenvalue weighted by Crippen LogP contribution is -1.76. The molecule has 0 atom stereocenters. The topological polar surface area (TPSA) is 0 Å². The zero-order valence-electron chi connectivity index (χ0n) is 8.28. The Balaban J connectivity index is 2.50. The van der Waals surface area contributed by atoms with Crippen molar-refractivity contribution in [2.45, 2.75) is 11.8 Å². The molecule has 0 amide bonds. The van der Waals surface area contributed by atoms with E-state index >= 15 is 0 Å². The second kappa shape index (κ2) is 4.20. The maximum Gasteiger partial charge on any atom is 0.0356 e. The van der Waals surface area contributed by atoms with E-state index in [9.17, 15) is 0 Å². The van der Waals surface area contributed by atoms with Crippen LogP contribution in [0.25, 0.3) is 10.4 Å². The minimum absolute atomic E-state index is 1.36. The van der Waals surface area contributed by atoms with Gasteiger partial charge < -0.3 is 0 Å². The lowest BCUT2D eigenvalue weighted by molar-refractivity contribution is 1.47. The zero-order chi connectivity index (χ0) is 9.97. The highest BCUT2D eigenvalue weighted by Gasteiger charge is 2.04. The van der Waals surface area contributed by atoms with Gasteiger partial charge in [-0.15, -0.1) is 23.1 Å². The van der Waals surface area contributed by atoms with E-state index in [0.717, 1.165) is 0 Å². The molecule has 0 saturated heterocycles. The van der Waals surface area contributed by atoms with Crippen molar-refractivity contribution in [1.29, 1.82) is 0 Å². The average molecular weight is 220 g/mol. The molecule has 72 valence electrons. The van der Waals surface area contributed by atoms with Crippen molar-refractivity contribution < 1.29 is 0 Å². The Hall–Kier alpha value is -0.730. The van der Waals surface area contributed by atoms with Gasteiger partial charge in [-0.05, 0) is 31.4 Å². The van der Waals surface area contributed by atoms with E-state index in [1.54, 1.807) is 11.8 Å². The number of benzene rings is 1. The average Bonchev–Trinajstić information content (AvgIpc) is 2.65. The summed E-state index contributed by atoms with van der Waals surface area (Å²) >= 11 is 3.66. The van der Waals surface area contributed by atoms with Crippen LogP contribution < -0.4 is 0 Å². The Morgan fingerprint density at radius 1 is 1.07 bits per heavy atom. The first kappa shape index (κ1) is 9.81. The molecule has 0 N–H and O–H groups in total. The predicted octanol–water partition coefficient (Wildman–Crippen LogP) is 4.45. The van der Waals surface area contributed by atoms with Crippen LogP contribution in [0.5, 0.6) is 0 Å². The Kier molecular flexibility index (Phi) is 2.94. The van der Waals surface area contributed by atoms with E-state index in [1.807, 2.05) is 11.3 Å². The van der Waals surface area contributed by atoms with Gasteiger partial charge in [-0.1, -0.05) is 18.2 Å². The van der Waals surface area contributed by atoms with Crippen LogP contribution >= 0.6 is 23.1 Å². The molecule has 1 heterocycles. The SMILES string of the molecule is CSc1ccccc1-c1ccc(C)s1. The van der Waals surface area contributed by atoms with E-state index < -0.39 is 0 Å². The summed E-state index contributed by atoms with van der Waals surface area (Å²) in [5.74, 6) is 0. The summed E-state index contributed by atoms with van der Waals surface area (Å²) in [6.07, 6.45) is 2.12. The fourth-order valence-corrected chi connectivity index (χ4v) is 3.01. The van der Waals surface area contributed by atoms with Gasteiger partial charge in [-0.2, -0.15) is 0 Å². The van der Waals surface area contributed by atoms with E-state index in [1.165, 1.54) is 20.2 Å². The highest BCUT2D eigenvalue weighted by Crippen LogP contribution is 2.34. The van der Waals surface area contributed by atoms with E-state index in [-0.39, 0.29) is 0 Å². The summed E-state index contributed by atoms with van der Waals surface area (Å²) in [4.78, 5) is 4.10. The lowest BCUT2D eigenvalue weighted by Gasteiger charge is -2.03. The third-order valence-corrected chi connectivity index (χ3v) is 3.94. The molecule has 0 aliphatic carbocycles. The first-order chi connectivity index (χ1) is 6.81. The van der Waals surface area contributed by atoms with Crippen LogP contribution in [0.15, 0.2) is 41.3 Å². The van der Waals surface area contributed by atoms with Crippen LogP contribution in [0.1, 0.15) is 4.88 Å². The molecule has 0 nitrogen and oxygen atoms in total. The molecule has 2 rings (SSSR count). The molecule has 0 saturated carbocycles. The Morgan fingerprint density at radius 3 is 2.50 bits per heavy atom. The van der Waals surface area contributed by atoms with Crippen molar-refractivity contribution in [2.24, 2.45) is 0 Å². The second-order valence-electron chi connectivity index (χ2n) is 3.11. The molecule has 2 heteroatoms. The standard InChI is InChI=1S/C12H12S2/c1-9-7-8-12(14-9)10-5-3-4-6-11(10)13-2/h3-8H,1-2H3. The van der Waals surface area contributed by atoms with Gasteiger partial charge in [0.1, 0.15) is 0 Å². The number of aryl methyl sites for hydroxylation is 1. The number of hydrogen-bond donors (Lipinski definition) is 0. The summed E-state index contributed by atoms with van der Waals surface area (Å²) in [5, 5.41) is 0. The van der Waals surface area contributed by atoms with Gasteiger partial charge in [0.05, 0.1) is 0 Å². The van der Waals surface area contributed by atoms with E-state index in [4.69, 9.17) is 0 Å². The molecule has 1 aromatic heterocycles. The summed E-state index contributed by atoms with van der Waals surface area (Å²) < 4.78 is 0. The minimum Gasteiger partial charge on any atom is -0.141 e. The van der Waals surface area contributed by atoms with Gasteiger partial charge in [0.2, 0.25) is 0 Å². The van der Waals surface area contributed by atoms with Gasteiger partial charge in [0.25, 0.3) is 0 Å². The Labute approximate surface area is 93.0 Å². The van der Waals surface area contributed by atoms with Gasteiger partial charge in [0, 0.05) is 20.2 Å². The number of thiophene rings is 1. The van der Waals surface area contributed by atoms with Gasteiger partial charge >= 0.3 is 0 Å². The van der Waals surface area contributed by atoms with E-state index in [2.05, 4.69) is 49.6 Å². The molecule has 0 aliphatic heterocycles. The lowest BCUT2D eigenvalue weighted by atomic mass is 10.2. The highest BCUT2D eigenvalue weighted by molar-refractivity contribution is 7.98. The molecular formula is C12H12S2. The Bertz CT molecular complexity index is 429. The summed E-state index contributed by atoms with van der Waals surface area (Å²) in [5.41, 5.74) is 1.36. The van der Waals surface area contributed by atoms with Gasteiger partial charge in [-0.3, -0.25) is 0 Å².